The van der Waals surface area contributed by atoms with Crippen molar-refractivity contribution >= 4 is 32.6 Å². The van der Waals surface area contributed by atoms with E-state index in [-0.39, 0.29) is 6.04 Å². The molecule has 2 aromatic heterocycles. The minimum Gasteiger partial charge on any atom is -0.381 e. The molecule has 0 N–H and O–H groups in total. The number of Topliss-reactive ketones (excluding diaryl/α,β-unsaturated/α-hetero) is 1. The van der Waals surface area contributed by atoms with Gasteiger partial charge in [0.15, 0.2) is 16.6 Å². The normalized spacial score (nSPS) is 21.7. The molecule has 6 rings (SSSR count). The van der Waals surface area contributed by atoms with Crippen molar-refractivity contribution in [2.75, 3.05) is 24.7 Å². The predicted octanol–water partition coefficient (Wildman–Crippen LogP) is 5.03. The summed E-state index contributed by atoms with van der Waals surface area (Å²) in [4.78, 5) is 30.4. The van der Waals surface area contributed by atoms with E-state index in [4.69, 9.17) is 19.7 Å². The van der Waals surface area contributed by atoms with Gasteiger partial charge in [0.1, 0.15) is 5.82 Å². The second-order valence-electron chi connectivity index (χ2n) is 9.58. The van der Waals surface area contributed by atoms with E-state index < -0.39 is 0 Å². The molecule has 0 spiro atoms. The van der Waals surface area contributed by atoms with E-state index in [1.807, 2.05) is 18.2 Å². The van der Waals surface area contributed by atoms with Crippen molar-refractivity contribution in [3.63, 3.8) is 0 Å². The molecule has 6 nitrogen and oxygen atoms in total. The van der Waals surface area contributed by atoms with Crippen LogP contribution in [0.15, 0.2) is 30.3 Å². The summed E-state index contributed by atoms with van der Waals surface area (Å²) in [5.74, 6) is 2.18. The summed E-state index contributed by atoms with van der Waals surface area (Å²) in [6.45, 7) is 2.46. The van der Waals surface area contributed by atoms with Crippen molar-refractivity contribution in [3.8, 4) is 0 Å². The number of nitrogens with zero attached hydrogens (tertiary/aromatic N) is 4. The predicted molar refractivity (Wildman–Crippen MR) is 130 cm³/mol. The number of hydrogen-bond donors (Lipinski definition) is 0. The third-order valence-corrected chi connectivity index (χ3v) is 8.31. The number of benzene rings is 1. The molecule has 1 atom stereocenters. The van der Waals surface area contributed by atoms with E-state index in [9.17, 15) is 4.79 Å². The summed E-state index contributed by atoms with van der Waals surface area (Å²) in [5, 5.41) is 0.945. The Bertz CT molecular complexity index is 1140. The highest BCUT2D eigenvalue weighted by atomic mass is 32.1. The van der Waals surface area contributed by atoms with Gasteiger partial charge in [-0.1, -0.05) is 41.7 Å². The number of anilines is 1. The van der Waals surface area contributed by atoms with E-state index in [1.165, 1.54) is 24.1 Å². The van der Waals surface area contributed by atoms with Crippen molar-refractivity contribution in [1.29, 1.82) is 0 Å². The van der Waals surface area contributed by atoms with Gasteiger partial charge in [-0.25, -0.2) is 9.97 Å². The first-order valence-electron chi connectivity index (χ1n) is 12.4. The van der Waals surface area contributed by atoms with E-state index in [0.717, 1.165) is 73.2 Å². The topological polar surface area (TPSA) is 68.2 Å². The number of fused-ring (bicyclic) bond motifs is 1. The largest absolute Gasteiger partial charge is 0.381 e. The molecule has 3 aliphatic rings. The van der Waals surface area contributed by atoms with Crippen molar-refractivity contribution < 1.29 is 9.53 Å². The van der Waals surface area contributed by atoms with Gasteiger partial charge in [-0.3, -0.25) is 4.79 Å². The van der Waals surface area contributed by atoms with Crippen molar-refractivity contribution in [3.05, 3.63) is 47.4 Å². The van der Waals surface area contributed by atoms with Crippen molar-refractivity contribution in [1.82, 2.24) is 15.0 Å². The monoisotopic (exact) mass is 462 g/mol. The minimum atomic E-state index is -0.0680. The van der Waals surface area contributed by atoms with Crippen LogP contribution in [-0.4, -0.2) is 46.5 Å². The summed E-state index contributed by atoms with van der Waals surface area (Å²) in [6, 6.07) is 10.2. The molecule has 0 amide bonds. The van der Waals surface area contributed by atoms with Crippen LogP contribution in [0, 0.1) is 0 Å². The Morgan fingerprint density at radius 3 is 2.61 bits per heavy atom. The molecule has 33 heavy (non-hydrogen) atoms. The smallest absolute Gasteiger partial charge is 0.188 e. The third-order valence-electron chi connectivity index (χ3n) is 7.21. The number of aryl methyl sites for hydroxylation is 1. The van der Waals surface area contributed by atoms with Crippen LogP contribution < -0.4 is 4.90 Å². The zero-order valence-corrected chi connectivity index (χ0v) is 19.7. The molecule has 0 unspecified atom stereocenters. The number of ether oxygens (including phenoxy) is 1. The first kappa shape index (κ1) is 21.2. The second kappa shape index (κ2) is 9.11. The quantitative estimate of drug-likeness (QED) is 0.491. The van der Waals surface area contributed by atoms with Crippen molar-refractivity contribution in [2.24, 2.45) is 0 Å². The average Bonchev–Trinajstić information content (AvgIpc) is 3.42. The highest BCUT2D eigenvalue weighted by molar-refractivity contribution is 7.22. The Kier molecular flexibility index (Phi) is 5.84. The van der Waals surface area contributed by atoms with Crippen LogP contribution in [0.2, 0.25) is 0 Å². The Labute approximate surface area is 198 Å². The van der Waals surface area contributed by atoms with Crippen LogP contribution in [0.4, 0.5) is 5.13 Å². The van der Waals surface area contributed by atoms with E-state index >= 15 is 0 Å². The summed E-state index contributed by atoms with van der Waals surface area (Å²) in [6.07, 6.45) is 7.71. The zero-order chi connectivity index (χ0) is 22.2. The van der Waals surface area contributed by atoms with Crippen LogP contribution >= 0.6 is 11.3 Å². The van der Waals surface area contributed by atoms with E-state index in [1.54, 1.807) is 11.3 Å². The zero-order valence-electron chi connectivity index (χ0n) is 18.9. The highest BCUT2D eigenvalue weighted by Gasteiger charge is 2.35. The number of carbonyl (C=O) groups is 1. The van der Waals surface area contributed by atoms with Gasteiger partial charge in [0, 0.05) is 38.0 Å². The van der Waals surface area contributed by atoms with Gasteiger partial charge in [0.25, 0.3) is 0 Å². The summed E-state index contributed by atoms with van der Waals surface area (Å²) >= 11 is 1.69. The maximum Gasteiger partial charge on any atom is 0.188 e. The summed E-state index contributed by atoms with van der Waals surface area (Å²) in [7, 11) is 0. The molecular weight excluding hydrogens is 432 g/mol. The first-order chi connectivity index (χ1) is 16.3. The molecule has 7 heteroatoms. The molecule has 3 aromatic rings. The molecule has 1 aromatic carbocycles. The molecule has 0 radical (unpaired) electrons. The number of thiazole rings is 1. The standard InChI is InChI=1S/C26H30N4O2S/c31-21(11-8-17-5-2-1-3-6-17)20-7-4-14-30(20)26-29-25-23(33-26)22(18-9-10-18)27-24(28-25)19-12-15-32-16-13-19/h1-3,5-6,18-20H,4,7-16H2/t20-/m1/s1. The van der Waals surface area contributed by atoms with Crippen LogP contribution in [0.3, 0.4) is 0 Å². The number of rotatable bonds is 7. The molecule has 1 aliphatic carbocycles. The maximum atomic E-state index is 13.2. The Morgan fingerprint density at radius 1 is 1.00 bits per heavy atom. The molecule has 172 valence electrons. The lowest BCUT2D eigenvalue weighted by Crippen LogP contribution is -2.36. The third kappa shape index (κ3) is 4.41. The fourth-order valence-corrected chi connectivity index (χ4v) is 6.31. The molecule has 3 fully saturated rings. The van der Waals surface area contributed by atoms with Crippen molar-refractivity contribution in [2.45, 2.75) is 69.2 Å². The molecule has 1 saturated carbocycles. The van der Waals surface area contributed by atoms with Gasteiger partial charge in [-0.15, -0.1) is 0 Å². The van der Waals surface area contributed by atoms with Crippen LogP contribution in [0.25, 0.3) is 10.3 Å². The fourth-order valence-electron chi connectivity index (χ4n) is 5.16. The SMILES string of the molecule is O=C(CCc1ccccc1)[C@H]1CCCN1c1nc2nc(C3CCOCC3)nc(C3CC3)c2s1. The maximum absolute atomic E-state index is 13.2. The van der Waals surface area contributed by atoms with Gasteiger partial charge in [-0.2, -0.15) is 4.98 Å². The Hall–Kier alpha value is -2.38. The van der Waals surface area contributed by atoms with Gasteiger partial charge in [-0.05, 0) is 50.5 Å². The van der Waals surface area contributed by atoms with Crippen LogP contribution in [-0.2, 0) is 16.0 Å². The average molecular weight is 463 g/mol. The fraction of sp³-hybridized carbons (Fsp3) is 0.538. The lowest BCUT2D eigenvalue weighted by Gasteiger charge is -2.22. The lowest BCUT2D eigenvalue weighted by atomic mass is 9.99. The molecule has 0 bridgehead atoms. The van der Waals surface area contributed by atoms with E-state index in [2.05, 4.69) is 17.0 Å². The number of aromatic nitrogens is 3. The number of carbonyl (C=O) groups excluding carboxylic acids is 1. The van der Waals surface area contributed by atoms with Gasteiger partial charge in [0.2, 0.25) is 0 Å². The summed E-state index contributed by atoms with van der Waals surface area (Å²) in [5.41, 5.74) is 3.24. The molecule has 2 aliphatic heterocycles. The molecular formula is C26H30N4O2S. The molecule has 2 saturated heterocycles. The summed E-state index contributed by atoms with van der Waals surface area (Å²) < 4.78 is 6.68. The van der Waals surface area contributed by atoms with Crippen LogP contribution in [0.5, 0.6) is 0 Å². The van der Waals surface area contributed by atoms with Gasteiger partial charge in [0.05, 0.1) is 16.4 Å². The number of hydrogen-bond acceptors (Lipinski definition) is 7. The second-order valence-corrected chi connectivity index (χ2v) is 10.6. The number of ketones is 1. The molecule has 4 heterocycles. The van der Waals surface area contributed by atoms with E-state index in [0.29, 0.717) is 24.0 Å². The lowest BCUT2D eigenvalue weighted by molar-refractivity contribution is -0.120. The van der Waals surface area contributed by atoms with Gasteiger partial charge < -0.3 is 9.64 Å². The minimum absolute atomic E-state index is 0.0680. The Morgan fingerprint density at radius 2 is 1.82 bits per heavy atom. The van der Waals surface area contributed by atoms with Crippen LogP contribution in [0.1, 0.15) is 73.9 Å². The highest BCUT2D eigenvalue weighted by Crippen LogP contribution is 2.45. The first-order valence-corrected chi connectivity index (χ1v) is 13.2. The Balaban J connectivity index is 1.26. The van der Waals surface area contributed by atoms with Gasteiger partial charge >= 0.3 is 0 Å².